The molecule has 2 rings (SSSR count). The van der Waals surface area contributed by atoms with Crippen LogP contribution < -0.4 is 5.32 Å². The molecule has 0 radical (unpaired) electrons. The van der Waals surface area contributed by atoms with Crippen molar-refractivity contribution in [3.8, 4) is 0 Å². The zero-order chi connectivity index (χ0) is 13.0. The Morgan fingerprint density at radius 2 is 2.44 bits per heavy atom. The largest absolute Gasteiger partial charge is 0.383 e. The monoisotopic (exact) mass is 253 g/mol. The van der Waals surface area contributed by atoms with Crippen molar-refractivity contribution in [2.24, 2.45) is 5.92 Å². The molecule has 3 unspecified atom stereocenters. The Bertz CT molecular complexity index is 361. The molecule has 1 N–H and O–H groups in total. The van der Waals surface area contributed by atoms with Crippen LogP contribution in [-0.4, -0.2) is 42.5 Å². The van der Waals surface area contributed by atoms with Gasteiger partial charge < -0.3 is 19.4 Å². The van der Waals surface area contributed by atoms with Crippen LogP contribution in [0.15, 0.2) is 12.4 Å². The van der Waals surface area contributed by atoms with E-state index in [0.29, 0.717) is 18.6 Å². The highest BCUT2D eigenvalue weighted by Crippen LogP contribution is 2.28. The number of hydrogen-bond donors (Lipinski definition) is 1. The third-order valence-corrected chi connectivity index (χ3v) is 3.55. The number of nitrogens with one attached hydrogen (secondary N) is 1. The molecule has 1 aromatic heterocycles. The summed E-state index contributed by atoms with van der Waals surface area (Å²) >= 11 is 0. The maximum atomic E-state index is 5.46. The van der Waals surface area contributed by atoms with Crippen molar-refractivity contribution in [3.63, 3.8) is 0 Å². The first-order valence-electron chi connectivity index (χ1n) is 6.58. The van der Waals surface area contributed by atoms with Gasteiger partial charge >= 0.3 is 0 Å². The number of nitrogens with zero attached hydrogens (tertiary/aromatic N) is 2. The number of hydrogen-bond acceptors (Lipinski definition) is 4. The Hall–Kier alpha value is -1.07. The molecule has 2 heterocycles. The summed E-state index contributed by atoms with van der Waals surface area (Å²) in [5, 5.41) is 3.38. The second kappa shape index (κ2) is 6.20. The van der Waals surface area contributed by atoms with E-state index in [0.717, 1.165) is 25.6 Å². The molecule has 1 aliphatic rings. The van der Waals surface area contributed by atoms with Gasteiger partial charge in [0.2, 0.25) is 5.95 Å². The van der Waals surface area contributed by atoms with Crippen LogP contribution in [0, 0.1) is 5.92 Å². The molecule has 3 atom stereocenters. The maximum absolute atomic E-state index is 5.46. The van der Waals surface area contributed by atoms with Crippen molar-refractivity contribution < 1.29 is 9.47 Å². The SMILES string of the molecule is COCC(C)Nc1nccn1C(C)C1CCOC1. The minimum atomic E-state index is 0.253. The van der Waals surface area contributed by atoms with Gasteiger partial charge in [-0.25, -0.2) is 4.98 Å². The standard InChI is InChI=1S/C13H23N3O2/c1-10(8-17-3)15-13-14-5-6-16(13)11(2)12-4-7-18-9-12/h5-6,10-12H,4,7-9H2,1-3H3,(H,14,15). The molecule has 1 fully saturated rings. The quantitative estimate of drug-likeness (QED) is 0.841. The van der Waals surface area contributed by atoms with Crippen LogP contribution >= 0.6 is 0 Å². The summed E-state index contributed by atoms with van der Waals surface area (Å²) in [5.41, 5.74) is 0. The highest BCUT2D eigenvalue weighted by atomic mass is 16.5. The van der Waals surface area contributed by atoms with Crippen LogP contribution in [0.4, 0.5) is 5.95 Å². The molecule has 5 nitrogen and oxygen atoms in total. The molecule has 0 aliphatic carbocycles. The number of methoxy groups -OCH3 is 1. The lowest BCUT2D eigenvalue weighted by molar-refractivity contribution is 0.175. The van der Waals surface area contributed by atoms with E-state index >= 15 is 0 Å². The first-order valence-corrected chi connectivity index (χ1v) is 6.58. The van der Waals surface area contributed by atoms with Crippen molar-refractivity contribution in [1.82, 2.24) is 9.55 Å². The van der Waals surface area contributed by atoms with Crippen LogP contribution in [-0.2, 0) is 9.47 Å². The topological polar surface area (TPSA) is 48.3 Å². The van der Waals surface area contributed by atoms with E-state index in [-0.39, 0.29) is 6.04 Å². The highest BCUT2D eigenvalue weighted by molar-refractivity contribution is 5.28. The van der Waals surface area contributed by atoms with Gasteiger partial charge in [0.1, 0.15) is 0 Å². The van der Waals surface area contributed by atoms with E-state index in [1.54, 1.807) is 7.11 Å². The summed E-state index contributed by atoms with van der Waals surface area (Å²) in [6.07, 6.45) is 5.01. The van der Waals surface area contributed by atoms with Crippen LogP contribution in [0.3, 0.4) is 0 Å². The van der Waals surface area contributed by atoms with Gasteiger partial charge in [-0.05, 0) is 20.3 Å². The summed E-state index contributed by atoms with van der Waals surface area (Å²) in [7, 11) is 1.71. The minimum absolute atomic E-state index is 0.253. The van der Waals surface area contributed by atoms with Gasteiger partial charge in [-0.2, -0.15) is 0 Å². The molecule has 0 spiro atoms. The van der Waals surface area contributed by atoms with Crippen molar-refractivity contribution >= 4 is 5.95 Å². The summed E-state index contributed by atoms with van der Waals surface area (Å²) < 4.78 is 12.8. The normalized spacial score (nSPS) is 22.9. The number of ether oxygens (including phenoxy) is 2. The molecule has 1 aliphatic heterocycles. The fourth-order valence-electron chi connectivity index (χ4n) is 2.43. The second-order valence-electron chi connectivity index (χ2n) is 5.02. The predicted molar refractivity (Wildman–Crippen MR) is 70.8 cm³/mol. The summed E-state index contributed by atoms with van der Waals surface area (Å²) in [6, 6.07) is 0.662. The molecule has 0 bridgehead atoms. The molecule has 1 saturated heterocycles. The summed E-state index contributed by atoms with van der Waals surface area (Å²) in [4.78, 5) is 4.39. The Morgan fingerprint density at radius 1 is 1.61 bits per heavy atom. The van der Waals surface area contributed by atoms with Crippen molar-refractivity contribution in [1.29, 1.82) is 0 Å². The third kappa shape index (κ3) is 3.03. The smallest absolute Gasteiger partial charge is 0.203 e. The van der Waals surface area contributed by atoms with Gasteiger partial charge in [-0.3, -0.25) is 0 Å². The lowest BCUT2D eigenvalue weighted by Gasteiger charge is -2.23. The Morgan fingerprint density at radius 3 is 3.11 bits per heavy atom. The van der Waals surface area contributed by atoms with Gasteiger partial charge in [0, 0.05) is 44.1 Å². The van der Waals surface area contributed by atoms with E-state index in [4.69, 9.17) is 9.47 Å². The number of aromatic nitrogens is 2. The maximum Gasteiger partial charge on any atom is 0.203 e. The van der Waals surface area contributed by atoms with E-state index in [1.165, 1.54) is 0 Å². The molecule has 18 heavy (non-hydrogen) atoms. The summed E-state index contributed by atoms with van der Waals surface area (Å²) in [5.74, 6) is 1.50. The van der Waals surface area contributed by atoms with Gasteiger partial charge in [-0.1, -0.05) is 0 Å². The molecular weight excluding hydrogens is 230 g/mol. The first kappa shape index (κ1) is 13.4. The van der Waals surface area contributed by atoms with E-state index in [2.05, 4.69) is 28.7 Å². The van der Waals surface area contributed by atoms with Gasteiger partial charge in [-0.15, -0.1) is 0 Å². The fraction of sp³-hybridized carbons (Fsp3) is 0.769. The van der Waals surface area contributed by atoms with Gasteiger partial charge in [0.25, 0.3) is 0 Å². The summed E-state index contributed by atoms with van der Waals surface area (Å²) in [6.45, 7) is 6.73. The van der Waals surface area contributed by atoms with Gasteiger partial charge in [0.05, 0.1) is 13.2 Å². The first-order chi connectivity index (χ1) is 8.72. The molecule has 5 heteroatoms. The second-order valence-corrected chi connectivity index (χ2v) is 5.02. The van der Waals surface area contributed by atoms with Crippen molar-refractivity contribution in [2.75, 3.05) is 32.2 Å². The molecular formula is C13H23N3O2. The number of imidazole rings is 1. The zero-order valence-electron chi connectivity index (χ0n) is 11.4. The average Bonchev–Trinajstić information content (AvgIpc) is 2.98. The van der Waals surface area contributed by atoms with Crippen LogP contribution in [0.1, 0.15) is 26.3 Å². The number of rotatable bonds is 6. The lowest BCUT2D eigenvalue weighted by atomic mass is 10.0. The van der Waals surface area contributed by atoms with E-state index in [9.17, 15) is 0 Å². The van der Waals surface area contributed by atoms with E-state index < -0.39 is 0 Å². The number of anilines is 1. The van der Waals surface area contributed by atoms with Crippen LogP contribution in [0.2, 0.25) is 0 Å². The van der Waals surface area contributed by atoms with Crippen LogP contribution in [0.5, 0.6) is 0 Å². The Balaban J connectivity index is 2.02. The predicted octanol–water partition coefficient (Wildman–Crippen LogP) is 1.93. The van der Waals surface area contributed by atoms with Gasteiger partial charge in [0.15, 0.2) is 0 Å². The Kier molecular flexibility index (Phi) is 4.60. The van der Waals surface area contributed by atoms with Crippen molar-refractivity contribution in [3.05, 3.63) is 12.4 Å². The fourth-order valence-corrected chi connectivity index (χ4v) is 2.43. The lowest BCUT2D eigenvalue weighted by Crippen LogP contribution is -2.25. The van der Waals surface area contributed by atoms with Crippen molar-refractivity contribution in [2.45, 2.75) is 32.4 Å². The molecule has 1 aromatic rings. The van der Waals surface area contributed by atoms with Crippen LogP contribution in [0.25, 0.3) is 0 Å². The minimum Gasteiger partial charge on any atom is -0.383 e. The third-order valence-electron chi connectivity index (χ3n) is 3.55. The Labute approximate surface area is 108 Å². The van der Waals surface area contributed by atoms with E-state index in [1.807, 2.05) is 12.4 Å². The molecule has 0 aromatic carbocycles. The average molecular weight is 253 g/mol. The highest BCUT2D eigenvalue weighted by Gasteiger charge is 2.25. The molecule has 102 valence electrons. The zero-order valence-corrected chi connectivity index (χ0v) is 11.4. The molecule has 0 saturated carbocycles. The molecule has 0 amide bonds.